The summed E-state index contributed by atoms with van der Waals surface area (Å²) in [5, 5.41) is 9.55. The van der Waals surface area contributed by atoms with Crippen LogP contribution in [0.4, 0.5) is 9.52 Å². The largest absolute Gasteiger partial charge is 0.490 e. The van der Waals surface area contributed by atoms with E-state index in [1.165, 1.54) is 18.9 Å². The molecule has 1 aliphatic rings. The highest BCUT2D eigenvalue weighted by molar-refractivity contribution is 7.13. The molecule has 2 aromatic rings. The highest BCUT2D eigenvalue weighted by Gasteiger charge is 2.22. The smallest absolute Gasteiger partial charge is 0.192 e. The molecule has 6 nitrogen and oxygen atoms in total. The van der Waals surface area contributed by atoms with Crippen LogP contribution in [0.3, 0.4) is 0 Å². The molecule has 29 heavy (non-hydrogen) atoms. The quantitative estimate of drug-likeness (QED) is 0.476. The normalized spacial score (nSPS) is 15.1. The van der Waals surface area contributed by atoms with Gasteiger partial charge >= 0.3 is 0 Å². The number of nitrogens with zero attached hydrogens (tertiary/aromatic N) is 3. The lowest BCUT2D eigenvalue weighted by Crippen LogP contribution is -2.38. The molecule has 0 aliphatic heterocycles. The van der Waals surface area contributed by atoms with Crippen molar-refractivity contribution in [1.82, 2.24) is 15.6 Å². The van der Waals surface area contributed by atoms with Crippen LogP contribution < -0.4 is 20.3 Å². The minimum absolute atomic E-state index is 0.104. The Morgan fingerprint density at radius 3 is 2.83 bits per heavy atom. The molecule has 3 rings (SSSR count). The van der Waals surface area contributed by atoms with Crippen molar-refractivity contribution in [1.29, 1.82) is 0 Å². The topological polar surface area (TPSA) is 61.8 Å². The van der Waals surface area contributed by atoms with E-state index in [9.17, 15) is 4.39 Å². The van der Waals surface area contributed by atoms with Crippen LogP contribution in [0.15, 0.2) is 28.6 Å². The first kappa shape index (κ1) is 21.4. The molecular weight excluding hydrogens is 389 g/mol. The summed E-state index contributed by atoms with van der Waals surface area (Å²) < 4.78 is 20.0. The molecule has 8 heteroatoms. The third-order valence-corrected chi connectivity index (χ3v) is 5.70. The van der Waals surface area contributed by atoms with Gasteiger partial charge < -0.3 is 20.3 Å². The van der Waals surface area contributed by atoms with Crippen LogP contribution >= 0.6 is 11.3 Å². The lowest BCUT2D eigenvalue weighted by molar-refractivity contribution is 0.285. The van der Waals surface area contributed by atoms with Gasteiger partial charge in [-0.3, -0.25) is 0 Å². The predicted molar refractivity (Wildman–Crippen MR) is 117 cm³/mol. The van der Waals surface area contributed by atoms with Gasteiger partial charge in [0.05, 0.1) is 24.9 Å². The zero-order valence-corrected chi connectivity index (χ0v) is 18.4. The van der Waals surface area contributed by atoms with E-state index in [1.54, 1.807) is 17.4 Å². The Labute approximate surface area is 176 Å². The van der Waals surface area contributed by atoms with E-state index in [0.717, 1.165) is 22.9 Å². The Hall–Kier alpha value is -2.35. The van der Waals surface area contributed by atoms with E-state index in [0.29, 0.717) is 30.8 Å². The number of aromatic nitrogens is 1. The van der Waals surface area contributed by atoms with Gasteiger partial charge in [-0.2, -0.15) is 0 Å². The first-order valence-electron chi connectivity index (χ1n) is 10.0. The van der Waals surface area contributed by atoms with E-state index in [1.807, 2.05) is 44.3 Å². The van der Waals surface area contributed by atoms with Gasteiger partial charge in [-0.1, -0.05) is 6.07 Å². The van der Waals surface area contributed by atoms with Crippen molar-refractivity contribution in [3.05, 3.63) is 40.7 Å². The Morgan fingerprint density at radius 1 is 1.41 bits per heavy atom. The second-order valence-corrected chi connectivity index (χ2v) is 8.36. The second kappa shape index (κ2) is 9.91. The number of ether oxygens (including phenoxy) is 1. The van der Waals surface area contributed by atoms with Crippen LogP contribution in [-0.4, -0.2) is 38.2 Å². The molecule has 1 aromatic heterocycles. The van der Waals surface area contributed by atoms with E-state index < -0.39 is 0 Å². The molecule has 0 radical (unpaired) electrons. The van der Waals surface area contributed by atoms with Gasteiger partial charge in [-0.15, -0.1) is 11.3 Å². The Kier molecular flexibility index (Phi) is 7.30. The maximum atomic E-state index is 14.4. The summed E-state index contributed by atoms with van der Waals surface area (Å²) in [6.07, 6.45) is 2.37. The standard InChI is InChI=1S/C21H30FN5OS/c1-5-23-20(24-11-17-13-29-21(26-17)27(3)4)25-14(2)16-8-9-19(18(22)10-16)28-12-15-6-7-15/h8-10,13-15H,5-7,11-12H2,1-4H3,(H2,23,24,25). The Bertz CT molecular complexity index is 834. The highest BCUT2D eigenvalue weighted by atomic mass is 32.1. The predicted octanol–water partition coefficient (Wildman–Crippen LogP) is 3.95. The number of nitrogens with one attached hydrogen (secondary N) is 2. The van der Waals surface area contributed by atoms with Gasteiger partial charge in [-0.05, 0) is 50.3 Å². The summed E-state index contributed by atoms with van der Waals surface area (Å²) in [6.45, 7) is 5.82. The molecule has 1 saturated carbocycles. The number of anilines is 1. The van der Waals surface area contributed by atoms with Gasteiger partial charge in [0.25, 0.3) is 0 Å². The molecule has 158 valence electrons. The van der Waals surface area contributed by atoms with E-state index in [-0.39, 0.29) is 11.9 Å². The third kappa shape index (κ3) is 6.32. The number of hydrogen-bond acceptors (Lipinski definition) is 5. The van der Waals surface area contributed by atoms with Crippen LogP contribution in [0, 0.1) is 11.7 Å². The highest BCUT2D eigenvalue weighted by Crippen LogP contribution is 2.30. The number of hydrogen-bond donors (Lipinski definition) is 2. The van der Waals surface area contributed by atoms with Crippen LogP contribution in [0.2, 0.25) is 0 Å². The van der Waals surface area contributed by atoms with Crippen LogP contribution in [-0.2, 0) is 6.54 Å². The molecule has 1 atom stereocenters. The Morgan fingerprint density at radius 2 is 2.21 bits per heavy atom. The summed E-state index contributed by atoms with van der Waals surface area (Å²) in [7, 11) is 3.95. The van der Waals surface area contributed by atoms with Crippen molar-refractivity contribution in [3.8, 4) is 5.75 Å². The summed E-state index contributed by atoms with van der Waals surface area (Å²) in [5.74, 6) is 1.28. The molecule has 1 aliphatic carbocycles. The molecule has 1 unspecified atom stereocenters. The van der Waals surface area contributed by atoms with Crippen molar-refractivity contribution in [3.63, 3.8) is 0 Å². The number of rotatable bonds is 9. The van der Waals surface area contributed by atoms with E-state index in [2.05, 4.69) is 20.6 Å². The SMILES string of the molecule is CCNC(=NCc1csc(N(C)C)n1)NC(C)c1ccc(OCC2CC2)c(F)c1. The van der Waals surface area contributed by atoms with Crippen LogP contribution in [0.25, 0.3) is 0 Å². The number of benzene rings is 1. The number of aliphatic imine (C=N–C) groups is 1. The minimum Gasteiger partial charge on any atom is -0.490 e. The van der Waals surface area contributed by atoms with Crippen molar-refractivity contribution < 1.29 is 9.13 Å². The average Bonchev–Trinajstić information content (AvgIpc) is 3.39. The van der Waals surface area contributed by atoms with Crippen LogP contribution in [0.1, 0.15) is 44.0 Å². The average molecular weight is 420 g/mol. The van der Waals surface area contributed by atoms with Gasteiger partial charge in [0.1, 0.15) is 0 Å². The summed E-state index contributed by atoms with van der Waals surface area (Å²) in [4.78, 5) is 11.2. The van der Waals surface area contributed by atoms with Crippen molar-refractivity contribution in [2.75, 3.05) is 32.1 Å². The number of thiazole rings is 1. The van der Waals surface area contributed by atoms with Crippen molar-refractivity contribution >= 4 is 22.4 Å². The molecule has 0 spiro atoms. The third-order valence-electron chi connectivity index (χ3n) is 4.65. The maximum absolute atomic E-state index is 14.4. The fourth-order valence-electron chi connectivity index (χ4n) is 2.74. The monoisotopic (exact) mass is 419 g/mol. The van der Waals surface area contributed by atoms with Gasteiger partial charge in [0.2, 0.25) is 0 Å². The first-order chi connectivity index (χ1) is 14.0. The molecule has 0 bridgehead atoms. The Balaban J connectivity index is 1.61. The molecule has 0 saturated heterocycles. The molecule has 1 fully saturated rings. The number of halogens is 1. The van der Waals surface area contributed by atoms with Gasteiger partial charge in [0.15, 0.2) is 22.7 Å². The molecule has 2 N–H and O–H groups in total. The summed E-state index contributed by atoms with van der Waals surface area (Å²) in [5.41, 5.74) is 1.77. The van der Waals surface area contributed by atoms with Crippen molar-refractivity contribution in [2.24, 2.45) is 10.9 Å². The molecular formula is C21H30FN5OS. The number of guanidine groups is 1. The van der Waals surface area contributed by atoms with Gasteiger partial charge in [0, 0.05) is 26.0 Å². The van der Waals surface area contributed by atoms with Gasteiger partial charge in [-0.25, -0.2) is 14.4 Å². The van der Waals surface area contributed by atoms with Crippen molar-refractivity contribution in [2.45, 2.75) is 39.3 Å². The maximum Gasteiger partial charge on any atom is 0.192 e. The summed E-state index contributed by atoms with van der Waals surface area (Å²) in [6, 6.07) is 5.05. The minimum atomic E-state index is -0.322. The first-order valence-corrected chi connectivity index (χ1v) is 10.9. The lowest BCUT2D eigenvalue weighted by Gasteiger charge is -2.19. The molecule has 1 aromatic carbocycles. The summed E-state index contributed by atoms with van der Waals surface area (Å²) >= 11 is 1.60. The lowest BCUT2D eigenvalue weighted by atomic mass is 10.1. The zero-order valence-electron chi connectivity index (χ0n) is 17.5. The van der Waals surface area contributed by atoms with Crippen LogP contribution in [0.5, 0.6) is 5.75 Å². The molecule has 0 amide bonds. The van der Waals surface area contributed by atoms with E-state index >= 15 is 0 Å². The van der Waals surface area contributed by atoms with E-state index in [4.69, 9.17) is 4.74 Å². The fourth-order valence-corrected chi connectivity index (χ4v) is 3.49. The molecule has 1 heterocycles. The fraction of sp³-hybridized carbons (Fsp3) is 0.524. The second-order valence-electron chi connectivity index (χ2n) is 7.52. The zero-order chi connectivity index (χ0) is 20.8.